The van der Waals surface area contributed by atoms with Crippen LogP contribution in [-0.4, -0.2) is 41.2 Å². The molecule has 0 saturated carbocycles. The predicted molar refractivity (Wildman–Crippen MR) is 90.3 cm³/mol. The molecule has 10 heteroatoms. The highest BCUT2D eigenvalue weighted by Gasteiger charge is 2.24. The van der Waals surface area contributed by atoms with Crippen molar-refractivity contribution in [2.24, 2.45) is 0 Å². The van der Waals surface area contributed by atoms with Gasteiger partial charge in [-0.05, 0) is 58.0 Å². The molecule has 0 aromatic heterocycles. The predicted octanol–water partition coefficient (Wildman–Crippen LogP) is 1.01. The molecular weight excluding hydrogens is 357 g/mol. The number of anilines is 1. The summed E-state index contributed by atoms with van der Waals surface area (Å²) < 4.78 is 67.0. The first kappa shape index (κ1) is 19.1. The van der Waals surface area contributed by atoms with Crippen molar-refractivity contribution in [2.75, 3.05) is 17.8 Å². The molecule has 0 aliphatic carbocycles. The lowest BCUT2D eigenvalue weighted by molar-refractivity contribution is 0.427. The number of nitrogens with one attached hydrogen (secondary N) is 3. The molecule has 0 atom stereocenters. The van der Waals surface area contributed by atoms with Crippen LogP contribution in [0.4, 0.5) is 10.1 Å². The van der Waals surface area contributed by atoms with Gasteiger partial charge in [0, 0.05) is 6.04 Å². The van der Waals surface area contributed by atoms with Crippen molar-refractivity contribution in [3.63, 3.8) is 0 Å². The number of halogens is 1. The van der Waals surface area contributed by atoms with Crippen LogP contribution >= 0.6 is 0 Å². The lowest BCUT2D eigenvalue weighted by Gasteiger charge is -2.23. The van der Waals surface area contributed by atoms with Crippen LogP contribution in [0.2, 0.25) is 0 Å². The maximum Gasteiger partial charge on any atom is 0.240 e. The summed E-state index contributed by atoms with van der Waals surface area (Å²) in [6.45, 7) is 4.36. The Hall–Kier alpha value is -1.23. The normalized spacial score (nSPS) is 17.2. The summed E-state index contributed by atoms with van der Waals surface area (Å²) >= 11 is 0. The average molecular weight is 379 g/mol. The third-order valence-corrected chi connectivity index (χ3v) is 7.05. The molecule has 0 unspecified atom stereocenters. The standard InChI is InChI=1S/C14H22FN3O4S2/c1-10(2)23(19,20)18-14-4-3-12(9-13(14)15)24(21,22)17-11-5-7-16-8-6-11/h3-4,9-11,16-18H,5-8H2,1-2H3. The van der Waals surface area contributed by atoms with Crippen LogP contribution < -0.4 is 14.8 Å². The van der Waals surface area contributed by atoms with Gasteiger partial charge in [-0.1, -0.05) is 0 Å². The van der Waals surface area contributed by atoms with Crippen LogP contribution in [-0.2, 0) is 20.0 Å². The molecule has 0 amide bonds. The Labute approximate surface area is 142 Å². The molecule has 3 N–H and O–H groups in total. The van der Waals surface area contributed by atoms with Crippen molar-refractivity contribution in [3.05, 3.63) is 24.0 Å². The molecule has 1 aromatic rings. The van der Waals surface area contributed by atoms with Crippen LogP contribution in [0.15, 0.2) is 23.1 Å². The van der Waals surface area contributed by atoms with Gasteiger partial charge in [0.1, 0.15) is 5.82 Å². The summed E-state index contributed by atoms with van der Waals surface area (Å²) in [6, 6.07) is 2.93. The molecule has 1 saturated heterocycles. The zero-order valence-corrected chi connectivity index (χ0v) is 15.2. The number of hydrogen-bond acceptors (Lipinski definition) is 5. The Morgan fingerprint density at radius 2 is 1.79 bits per heavy atom. The summed E-state index contributed by atoms with van der Waals surface area (Å²) in [5.74, 6) is -0.938. The molecule has 1 aromatic carbocycles. The van der Waals surface area contributed by atoms with Crippen LogP contribution in [0.25, 0.3) is 0 Å². The Bertz CT molecular complexity index is 788. The molecule has 2 rings (SSSR count). The minimum absolute atomic E-state index is 0.196. The Balaban J connectivity index is 2.19. The maximum atomic E-state index is 14.1. The summed E-state index contributed by atoms with van der Waals surface area (Å²) in [5.41, 5.74) is -0.274. The molecule has 1 aliphatic rings. The molecule has 136 valence electrons. The topological polar surface area (TPSA) is 104 Å². The Morgan fingerprint density at radius 1 is 1.17 bits per heavy atom. The van der Waals surface area contributed by atoms with Crippen molar-refractivity contribution < 1.29 is 21.2 Å². The zero-order chi connectivity index (χ0) is 18.0. The van der Waals surface area contributed by atoms with Crippen LogP contribution in [0.5, 0.6) is 0 Å². The first-order valence-electron chi connectivity index (χ1n) is 7.66. The van der Waals surface area contributed by atoms with Crippen LogP contribution in [0.1, 0.15) is 26.7 Å². The van der Waals surface area contributed by atoms with Crippen LogP contribution in [0, 0.1) is 5.82 Å². The van der Waals surface area contributed by atoms with E-state index in [1.54, 1.807) is 0 Å². The fraction of sp³-hybridized carbons (Fsp3) is 0.571. The van der Waals surface area contributed by atoms with E-state index in [0.717, 1.165) is 25.2 Å². The van der Waals surface area contributed by atoms with Crippen LogP contribution in [0.3, 0.4) is 0 Å². The molecule has 0 radical (unpaired) electrons. The molecule has 7 nitrogen and oxygen atoms in total. The fourth-order valence-electron chi connectivity index (χ4n) is 2.24. The Kier molecular flexibility index (Phi) is 5.84. The molecular formula is C14H22FN3O4S2. The van der Waals surface area contributed by atoms with Crippen molar-refractivity contribution in [2.45, 2.75) is 42.9 Å². The van der Waals surface area contributed by atoms with E-state index in [4.69, 9.17) is 0 Å². The second-order valence-electron chi connectivity index (χ2n) is 5.98. The van der Waals surface area contributed by atoms with Crippen molar-refractivity contribution in [1.29, 1.82) is 0 Å². The number of benzene rings is 1. The molecule has 24 heavy (non-hydrogen) atoms. The highest BCUT2D eigenvalue weighted by atomic mass is 32.2. The van der Waals surface area contributed by atoms with E-state index in [-0.39, 0.29) is 16.6 Å². The summed E-state index contributed by atoms with van der Waals surface area (Å²) in [5, 5.41) is 2.39. The monoisotopic (exact) mass is 379 g/mol. The van der Waals surface area contributed by atoms with E-state index >= 15 is 0 Å². The van der Waals surface area contributed by atoms with Gasteiger partial charge in [0.2, 0.25) is 20.0 Å². The third kappa shape index (κ3) is 4.65. The molecule has 1 fully saturated rings. The van der Waals surface area contributed by atoms with Crippen molar-refractivity contribution in [1.82, 2.24) is 10.0 Å². The minimum atomic E-state index is -3.85. The Morgan fingerprint density at radius 3 is 2.33 bits per heavy atom. The lowest BCUT2D eigenvalue weighted by atomic mass is 10.1. The molecule has 0 bridgehead atoms. The molecule has 1 heterocycles. The van der Waals surface area contributed by atoms with Gasteiger partial charge in [0.05, 0.1) is 15.8 Å². The van der Waals surface area contributed by atoms with E-state index in [9.17, 15) is 21.2 Å². The first-order valence-corrected chi connectivity index (χ1v) is 10.7. The van der Waals surface area contributed by atoms with Gasteiger partial charge in [0.25, 0.3) is 0 Å². The van der Waals surface area contributed by atoms with Gasteiger partial charge in [-0.25, -0.2) is 25.9 Å². The van der Waals surface area contributed by atoms with Gasteiger partial charge in [-0.15, -0.1) is 0 Å². The average Bonchev–Trinajstić information content (AvgIpc) is 2.49. The van der Waals surface area contributed by atoms with Gasteiger partial charge < -0.3 is 5.32 Å². The second kappa shape index (κ2) is 7.34. The van der Waals surface area contributed by atoms with E-state index in [2.05, 4.69) is 14.8 Å². The quantitative estimate of drug-likeness (QED) is 0.684. The SMILES string of the molecule is CC(C)S(=O)(=O)Nc1ccc(S(=O)(=O)NC2CCNCC2)cc1F. The van der Waals surface area contributed by atoms with Gasteiger partial charge in [0.15, 0.2) is 0 Å². The number of rotatable bonds is 6. The summed E-state index contributed by atoms with van der Waals surface area (Å²) in [7, 11) is -7.56. The van der Waals surface area contributed by atoms with Gasteiger partial charge in [-0.3, -0.25) is 4.72 Å². The lowest BCUT2D eigenvalue weighted by Crippen LogP contribution is -2.42. The van der Waals surface area contributed by atoms with Crippen molar-refractivity contribution in [3.8, 4) is 0 Å². The van der Waals surface area contributed by atoms with Crippen molar-refractivity contribution >= 4 is 25.7 Å². The number of sulfonamides is 2. The largest absolute Gasteiger partial charge is 0.317 e. The first-order chi connectivity index (χ1) is 11.1. The number of piperidine rings is 1. The van der Waals surface area contributed by atoms with Gasteiger partial charge in [-0.2, -0.15) is 0 Å². The van der Waals surface area contributed by atoms with Gasteiger partial charge >= 0.3 is 0 Å². The summed E-state index contributed by atoms with van der Waals surface area (Å²) in [6.07, 6.45) is 1.32. The summed E-state index contributed by atoms with van der Waals surface area (Å²) in [4.78, 5) is -0.231. The zero-order valence-electron chi connectivity index (χ0n) is 13.5. The highest BCUT2D eigenvalue weighted by molar-refractivity contribution is 7.93. The third-order valence-electron chi connectivity index (χ3n) is 3.78. The van der Waals surface area contributed by atoms with E-state index in [1.807, 2.05) is 0 Å². The smallest absolute Gasteiger partial charge is 0.240 e. The van der Waals surface area contributed by atoms with E-state index < -0.39 is 31.1 Å². The number of hydrogen-bond donors (Lipinski definition) is 3. The second-order valence-corrected chi connectivity index (χ2v) is 9.93. The molecule has 0 spiro atoms. The van der Waals surface area contributed by atoms with E-state index in [1.165, 1.54) is 19.9 Å². The fourth-order valence-corrected chi connectivity index (χ4v) is 4.27. The molecule has 1 aliphatic heterocycles. The highest BCUT2D eigenvalue weighted by Crippen LogP contribution is 2.21. The maximum absolute atomic E-state index is 14.1. The minimum Gasteiger partial charge on any atom is -0.317 e. The van der Waals surface area contributed by atoms with E-state index in [0.29, 0.717) is 12.8 Å².